The van der Waals surface area contributed by atoms with Crippen LogP contribution in [-0.4, -0.2) is 17.7 Å². The van der Waals surface area contributed by atoms with E-state index in [0.717, 1.165) is 0 Å². The molecular weight excluding hydrogens is 208 g/mol. The summed E-state index contributed by atoms with van der Waals surface area (Å²) in [5.41, 5.74) is 0.583. The van der Waals surface area contributed by atoms with E-state index in [1.165, 1.54) is 18.2 Å². The average Bonchev–Trinajstić information content (AvgIpc) is 2.55. The molecule has 1 aliphatic rings. The first-order valence-electron chi connectivity index (χ1n) is 4.51. The normalized spacial score (nSPS) is 12.6. The number of benzene rings is 1. The number of ether oxygens (including phenoxy) is 1. The Bertz CT molecular complexity index is 572. The molecular formula is C12H6O4. The van der Waals surface area contributed by atoms with Crippen molar-refractivity contribution >= 4 is 17.7 Å². The number of carbonyl (C=O) groups is 3. The molecule has 0 fully saturated rings. The van der Waals surface area contributed by atoms with Gasteiger partial charge in [-0.1, -0.05) is 5.92 Å². The Kier molecular flexibility index (Phi) is 2.29. The van der Waals surface area contributed by atoms with Crippen LogP contribution in [0.15, 0.2) is 18.2 Å². The molecule has 0 unspecified atom stereocenters. The van der Waals surface area contributed by atoms with Gasteiger partial charge in [-0.25, -0.2) is 9.59 Å². The van der Waals surface area contributed by atoms with Gasteiger partial charge in [-0.3, -0.25) is 4.79 Å². The third-order valence-corrected chi connectivity index (χ3v) is 2.15. The summed E-state index contributed by atoms with van der Waals surface area (Å²) in [5.74, 6) is 3.03. The number of cyclic esters (lactones) is 2. The molecule has 78 valence electrons. The van der Waals surface area contributed by atoms with E-state index in [1.807, 2.05) is 0 Å². The van der Waals surface area contributed by atoms with E-state index in [1.54, 1.807) is 6.92 Å². The lowest BCUT2D eigenvalue weighted by Crippen LogP contribution is -1.99. The molecule has 4 heteroatoms. The Morgan fingerprint density at radius 1 is 1.19 bits per heavy atom. The third kappa shape index (κ3) is 1.48. The fourth-order valence-electron chi connectivity index (χ4n) is 1.41. The van der Waals surface area contributed by atoms with Crippen LogP contribution in [0.25, 0.3) is 0 Å². The number of ketones is 1. The van der Waals surface area contributed by atoms with Crippen LogP contribution in [0.2, 0.25) is 0 Å². The second-order valence-corrected chi connectivity index (χ2v) is 3.14. The first-order chi connectivity index (χ1) is 7.63. The summed E-state index contributed by atoms with van der Waals surface area (Å²) < 4.78 is 4.40. The van der Waals surface area contributed by atoms with Crippen molar-refractivity contribution in [2.75, 3.05) is 0 Å². The van der Waals surface area contributed by atoms with Crippen LogP contribution in [0.5, 0.6) is 0 Å². The fraction of sp³-hybridized carbons (Fsp3) is 0.0833. The van der Waals surface area contributed by atoms with Gasteiger partial charge < -0.3 is 4.74 Å². The molecule has 0 spiro atoms. The van der Waals surface area contributed by atoms with E-state index >= 15 is 0 Å². The van der Waals surface area contributed by atoms with Crippen LogP contribution in [0.3, 0.4) is 0 Å². The summed E-state index contributed by atoms with van der Waals surface area (Å²) >= 11 is 0. The Morgan fingerprint density at radius 3 is 2.56 bits per heavy atom. The van der Waals surface area contributed by atoms with Gasteiger partial charge >= 0.3 is 11.9 Å². The SMILES string of the molecule is CC#CC(=O)c1ccc2c(c1)C(=O)OC2=O. The maximum atomic E-state index is 11.4. The highest BCUT2D eigenvalue weighted by Crippen LogP contribution is 2.21. The number of Topliss-reactive ketones (excluding diaryl/α,β-unsaturated/α-hetero) is 1. The lowest BCUT2D eigenvalue weighted by atomic mass is 10.0. The molecule has 1 aromatic carbocycles. The molecule has 1 aliphatic heterocycles. The van der Waals surface area contributed by atoms with Crippen molar-refractivity contribution < 1.29 is 19.1 Å². The number of esters is 2. The zero-order valence-electron chi connectivity index (χ0n) is 8.37. The zero-order valence-corrected chi connectivity index (χ0v) is 8.37. The van der Waals surface area contributed by atoms with Gasteiger partial charge in [0.05, 0.1) is 11.1 Å². The smallest absolute Gasteiger partial charge is 0.346 e. The van der Waals surface area contributed by atoms with Crippen LogP contribution in [0, 0.1) is 11.8 Å². The Labute approximate surface area is 91.2 Å². The van der Waals surface area contributed by atoms with Gasteiger partial charge in [-0.15, -0.1) is 0 Å². The van der Waals surface area contributed by atoms with Crippen LogP contribution in [0.1, 0.15) is 38.0 Å². The quantitative estimate of drug-likeness (QED) is 0.232. The fourth-order valence-corrected chi connectivity index (χ4v) is 1.41. The summed E-state index contributed by atoms with van der Waals surface area (Å²) in [7, 11) is 0. The molecule has 0 radical (unpaired) electrons. The Hall–Kier alpha value is -2.41. The zero-order chi connectivity index (χ0) is 11.7. The molecule has 0 saturated heterocycles. The topological polar surface area (TPSA) is 60.4 Å². The lowest BCUT2D eigenvalue weighted by molar-refractivity contribution is 0.0443. The first-order valence-corrected chi connectivity index (χ1v) is 4.51. The van der Waals surface area contributed by atoms with E-state index in [9.17, 15) is 14.4 Å². The van der Waals surface area contributed by atoms with Crippen LogP contribution in [-0.2, 0) is 4.74 Å². The van der Waals surface area contributed by atoms with E-state index < -0.39 is 17.7 Å². The van der Waals surface area contributed by atoms with Crippen LogP contribution >= 0.6 is 0 Å². The predicted octanol–water partition coefficient (Wildman–Crippen LogP) is 1.20. The molecule has 1 heterocycles. The summed E-state index contributed by atoms with van der Waals surface area (Å²) in [6.45, 7) is 1.54. The molecule has 0 amide bonds. The van der Waals surface area contributed by atoms with Crippen molar-refractivity contribution in [3.8, 4) is 11.8 Å². The average molecular weight is 214 g/mol. The van der Waals surface area contributed by atoms with Gasteiger partial charge in [0.1, 0.15) is 0 Å². The van der Waals surface area contributed by atoms with Gasteiger partial charge in [0.15, 0.2) is 0 Å². The van der Waals surface area contributed by atoms with E-state index in [-0.39, 0.29) is 16.7 Å². The van der Waals surface area contributed by atoms with Gasteiger partial charge in [-0.05, 0) is 31.0 Å². The largest absolute Gasteiger partial charge is 0.386 e. The minimum Gasteiger partial charge on any atom is -0.386 e. The predicted molar refractivity (Wildman–Crippen MR) is 54.0 cm³/mol. The highest BCUT2D eigenvalue weighted by molar-refractivity contribution is 6.17. The molecule has 2 rings (SSSR count). The lowest BCUT2D eigenvalue weighted by Gasteiger charge is -1.95. The molecule has 16 heavy (non-hydrogen) atoms. The van der Waals surface area contributed by atoms with Crippen LogP contribution < -0.4 is 0 Å². The van der Waals surface area contributed by atoms with Crippen molar-refractivity contribution in [3.05, 3.63) is 34.9 Å². The van der Waals surface area contributed by atoms with Gasteiger partial charge in [-0.2, -0.15) is 0 Å². The monoisotopic (exact) mass is 214 g/mol. The maximum absolute atomic E-state index is 11.4. The molecule has 1 aromatic rings. The minimum atomic E-state index is -0.723. The number of rotatable bonds is 1. The highest BCUT2D eigenvalue weighted by atomic mass is 16.6. The maximum Gasteiger partial charge on any atom is 0.346 e. The summed E-state index contributed by atoms with van der Waals surface area (Å²) in [5, 5.41) is 0. The van der Waals surface area contributed by atoms with Crippen molar-refractivity contribution in [2.24, 2.45) is 0 Å². The molecule has 0 atom stereocenters. The standard InChI is InChI=1S/C12H6O4/c1-2-3-10(13)7-4-5-8-9(6-7)12(15)16-11(8)14/h4-6H,1H3. The summed E-state index contributed by atoms with van der Waals surface area (Å²) in [6, 6.07) is 4.17. The summed E-state index contributed by atoms with van der Waals surface area (Å²) in [4.78, 5) is 33.8. The number of fused-ring (bicyclic) bond motifs is 1. The minimum absolute atomic E-state index is 0.119. The Balaban J connectivity index is 2.51. The van der Waals surface area contributed by atoms with E-state index in [2.05, 4.69) is 16.6 Å². The van der Waals surface area contributed by atoms with E-state index in [0.29, 0.717) is 0 Å². The highest BCUT2D eigenvalue weighted by Gasteiger charge is 2.30. The molecule has 4 nitrogen and oxygen atoms in total. The molecule has 0 saturated carbocycles. The van der Waals surface area contributed by atoms with Gasteiger partial charge in [0, 0.05) is 5.56 Å². The van der Waals surface area contributed by atoms with E-state index in [4.69, 9.17) is 0 Å². The van der Waals surface area contributed by atoms with Crippen molar-refractivity contribution in [3.63, 3.8) is 0 Å². The number of hydrogen-bond acceptors (Lipinski definition) is 4. The molecule has 0 N–H and O–H groups in total. The van der Waals surface area contributed by atoms with Crippen molar-refractivity contribution in [1.29, 1.82) is 0 Å². The molecule has 0 aliphatic carbocycles. The summed E-state index contributed by atoms with van der Waals surface area (Å²) in [6.07, 6.45) is 0. The number of hydrogen-bond donors (Lipinski definition) is 0. The van der Waals surface area contributed by atoms with Crippen molar-refractivity contribution in [1.82, 2.24) is 0 Å². The van der Waals surface area contributed by atoms with Crippen molar-refractivity contribution in [2.45, 2.75) is 6.92 Å². The second kappa shape index (κ2) is 3.63. The van der Waals surface area contributed by atoms with Gasteiger partial charge in [0.2, 0.25) is 5.78 Å². The first kappa shape index (κ1) is 10.1. The van der Waals surface area contributed by atoms with Crippen LogP contribution in [0.4, 0.5) is 0 Å². The number of carbonyl (C=O) groups excluding carboxylic acids is 3. The second-order valence-electron chi connectivity index (χ2n) is 3.14. The molecule has 0 aromatic heterocycles. The Morgan fingerprint density at radius 2 is 1.88 bits per heavy atom. The van der Waals surface area contributed by atoms with Gasteiger partial charge in [0.25, 0.3) is 0 Å². The third-order valence-electron chi connectivity index (χ3n) is 2.15. The molecule has 0 bridgehead atoms.